The van der Waals surface area contributed by atoms with Crippen molar-refractivity contribution in [1.29, 1.82) is 0 Å². The minimum Gasteiger partial charge on any atom is -0.508 e. The van der Waals surface area contributed by atoms with E-state index >= 15 is 0 Å². The van der Waals surface area contributed by atoms with E-state index in [0.29, 0.717) is 6.42 Å². The van der Waals surface area contributed by atoms with E-state index in [9.17, 15) is 14.7 Å². The molecule has 0 aliphatic rings. The monoisotopic (exact) mass is 293 g/mol. The maximum absolute atomic E-state index is 11.8. The van der Waals surface area contributed by atoms with Gasteiger partial charge in [0.2, 0.25) is 5.91 Å². The Morgan fingerprint density at radius 3 is 2.43 bits per heavy atom. The van der Waals surface area contributed by atoms with E-state index in [1.54, 1.807) is 0 Å². The van der Waals surface area contributed by atoms with Crippen LogP contribution < -0.4 is 5.32 Å². The van der Waals surface area contributed by atoms with Gasteiger partial charge in [-0.1, -0.05) is 39.0 Å². The van der Waals surface area contributed by atoms with Gasteiger partial charge in [0.15, 0.2) is 0 Å². The number of anilines is 1. The van der Waals surface area contributed by atoms with Crippen LogP contribution in [0.5, 0.6) is 5.75 Å². The van der Waals surface area contributed by atoms with Crippen molar-refractivity contribution < 1.29 is 19.8 Å². The van der Waals surface area contributed by atoms with Crippen molar-refractivity contribution in [2.45, 2.75) is 51.9 Å². The Hall–Kier alpha value is -2.04. The van der Waals surface area contributed by atoms with Crippen molar-refractivity contribution in [3.8, 4) is 5.75 Å². The zero-order valence-corrected chi connectivity index (χ0v) is 12.4. The third-order valence-corrected chi connectivity index (χ3v) is 3.27. The van der Waals surface area contributed by atoms with Crippen LogP contribution in [0, 0.1) is 0 Å². The summed E-state index contributed by atoms with van der Waals surface area (Å²) in [6.45, 7) is 2.16. The van der Waals surface area contributed by atoms with Gasteiger partial charge in [0.05, 0.1) is 11.3 Å². The smallest absolute Gasteiger partial charge is 0.337 e. The van der Waals surface area contributed by atoms with Gasteiger partial charge in [-0.05, 0) is 24.6 Å². The van der Waals surface area contributed by atoms with Gasteiger partial charge < -0.3 is 15.5 Å². The van der Waals surface area contributed by atoms with Crippen LogP contribution in [-0.4, -0.2) is 22.1 Å². The number of carboxylic acids is 1. The Morgan fingerprint density at radius 1 is 1.10 bits per heavy atom. The number of aromatic carboxylic acids is 1. The molecule has 1 aromatic rings. The predicted molar refractivity (Wildman–Crippen MR) is 81.7 cm³/mol. The SMILES string of the molecule is CCCCCCCCC(=O)Nc1ccc(O)cc1C(=O)O. The van der Waals surface area contributed by atoms with E-state index in [4.69, 9.17) is 5.11 Å². The highest BCUT2D eigenvalue weighted by Crippen LogP contribution is 2.21. The Kier molecular flexibility index (Phi) is 7.29. The van der Waals surface area contributed by atoms with Crippen LogP contribution in [0.25, 0.3) is 0 Å². The van der Waals surface area contributed by atoms with Crippen LogP contribution in [0.15, 0.2) is 18.2 Å². The largest absolute Gasteiger partial charge is 0.508 e. The summed E-state index contributed by atoms with van der Waals surface area (Å²) in [6, 6.07) is 3.88. The summed E-state index contributed by atoms with van der Waals surface area (Å²) < 4.78 is 0. The molecule has 0 aromatic heterocycles. The first-order chi connectivity index (χ1) is 10.0. The number of hydrogen-bond acceptors (Lipinski definition) is 3. The highest BCUT2D eigenvalue weighted by Gasteiger charge is 2.13. The van der Waals surface area contributed by atoms with Gasteiger partial charge in [0.1, 0.15) is 5.75 Å². The number of hydrogen-bond donors (Lipinski definition) is 3. The molecule has 0 aliphatic heterocycles. The lowest BCUT2D eigenvalue weighted by atomic mass is 10.1. The lowest BCUT2D eigenvalue weighted by Crippen LogP contribution is -2.14. The molecular formula is C16H23NO4. The third kappa shape index (κ3) is 6.29. The Bertz CT molecular complexity index is 485. The molecule has 5 heteroatoms. The van der Waals surface area contributed by atoms with E-state index in [2.05, 4.69) is 12.2 Å². The number of phenols is 1. The second kappa shape index (κ2) is 9.00. The second-order valence-corrected chi connectivity index (χ2v) is 5.10. The van der Waals surface area contributed by atoms with Crippen LogP contribution in [0.3, 0.4) is 0 Å². The minimum atomic E-state index is -1.18. The Labute approximate surface area is 125 Å². The molecule has 21 heavy (non-hydrogen) atoms. The van der Waals surface area contributed by atoms with Gasteiger partial charge in [-0.3, -0.25) is 4.79 Å². The van der Waals surface area contributed by atoms with Crippen molar-refractivity contribution in [1.82, 2.24) is 0 Å². The fourth-order valence-corrected chi connectivity index (χ4v) is 2.10. The molecule has 1 amide bonds. The summed E-state index contributed by atoms with van der Waals surface area (Å²) in [5.41, 5.74) is 0.113. The van der Waals surface area contributed by atoms with Crippen LogP contribution in [-0.2, 0) is 4.79 Å². The zero-order valence-electron chi connectivity index (χ0n) is 12.4. The van der Waals surface area contributed by atoms with Crippen molar-refractivity contribution in [2.75, 3.05) is 5.32 Å². The summed E-state index contributed by atoms with van der Waals surface area (Å²) >= 11 is 0. The van der Waals surface area contributed by atoms with Gasteiger partial charge in [-0.15, -0.1) is 0 Å². The number of carboxylic acid groups (broad SMARTS) is 1. The van der Waals surface area contributed by atoms with Crippen LogP contribution in [0.2, 0.25) is 0 Å². The van der Waals surface area contributed by atoms with Crippen molar-refractivity contribution >= 4 is 17.6 Å². The molecule has 0 spiro atoms. The maximum Gasteiger partial charge on any atom is 0.337 e. The molecule has 0 fully saturated rings. The summed E-state index contributed by atoms with van der Waals surface area (Å²) in [5.74, 6) is -1.51. The summed E-state index contributed by atoms with van der Waals surface area (Å²) in [5, 5.41) is 20.9. The van der Waals surface area contributed by atoms with Crippen molar-refractivity contribution in [2.24, 2.45) is 0 Å². The van der Waals surface area contributed by atoms with Crippen LogP contribution in [0.1, 0.15) is 62.2 Å². The summed E-state index contributed by atoms with van der Waals surface area (Å²) in [6.07, 6.45) is 6.93. The van der Waals surface area contributed by atoms with Gasteiger partial charge in [0, 0.05) is 6.42 Å². The molecule has 0 aliphatic carbocycles. The van der Waals surface area contributed by atoms with Gasteiger partial charge in [0.25, 0.3) is 0 Å². The molecule has 3 N–H and O–H groups in total. The molecular weight excluding hydrogens is 270 g/mol. The molecule has 0 atom stereocenters. The molecule has 0 bridgehead atoms. The average molecular weight is 293 g/mol. The number of aromatic hydroxyl groups is 1. The molecule has 0 saturated heterocycles. The lowest BCUT2D eigenvalue weighted by Gasteiger charge is -2.09. The van der Waals surface area contributed by atoms with Crippen molar-refractivity contribution in [3.63, 3.8) is 0 Å². The van der Waals surface area contributed by atoms with Gasteiger partial charge in [-0.2, -0.15) is 0 Å². The average Bonchev–Trinajstić information content (AvgIpc) is 2.44. The van der Waals surface area contributed by atoms with E-state index < -0.39 is 5.97 Å². The quantitative estimate of drug-likeness (QED) is 0.477. The van der Waals surface area contributed by atoms with E-state index in [0.717, 1.165) is 25.3 Å². The number of phenolic OH excluding ortho intramolecular Hbond substituents is 1. The fourth-order valence-electron chi connectivity index (χ4n) is 2.10. The Balaban J connectivity index is 2.43. The Morgan fingerprint density at radius 2 is 1.76 bits per heavy atom. The number of benzene rings is 1. The van der Waals surface area contributed by atoms with E-state index in [1.807, 2.05) is 0 Å². The molecule has 0 unspecified atom stereocenters. The fraction of sp³-hybridized carbons (Fsp3) is 0.500. The van der Waals surface area contributed by atoms with Gasteiger partial charge >= 0.3 is 5.97 Å². The van der Waals surface area contributed by atoms with Crippen molar-refractivity contribution in [3.05, 3.63) is 23.8 Å². The van der Waals surface area contributed by atoms with E-state index in [-0.39, 0.29) is 22.9 Å². The van der Waals surface area contributed by atoms with Crippen LogP contribution in [0.4, 0.5) is 5.69 Å². The minimum absolute atomic E-state index is 0.105. The maximum atomic E-state index is 11.8. The van der Waals surface area contributed by atoms with Crippen LogP contribution >= 0.6 is 0 Å². The molecule has 5 nitrogen and oxygen atoms in total. The second-order valence-electron chi connectivity index (χ2n) is 5.10. The third-order valence-electron chi connectivity index (χ3n) is 3.27. The number of amides is 1. The van der Waals surface area contributed by atoms with E-state index in [1.165, 1.54) is 31.4 Å². The molecule has 1 rings (SSSR count). The van der Waals surface area contributed by atoms with Gasteiger partial charge in [-0.25, -0.2) is 4.79 Å². The first-order valence-corrected chi connectivity index (χ1v) is 7.40. The molecule has 116 valence electrons. The normalized spacial score (nSPS) is 10.3. The number of unbranched alkanes of at least 4 members (excludes halogenated alkanes) is 5. The number of carbonyl (C=O) groups is 2. The first kappa shape index (κ1) is 17.0. The number of rotatable bonds is 9. The molecule has 1 aromatic carbocycles. The highest BCUT2D eigenvalue weighted by molar-refractivity contribution is 6.00. The number of carbonyl (C=O) groups excluding carboxylic acids is 1. The molecule has 0 heterocycles. The topological polar surface area (TPSA) is 86.6 Å². The first-order valence-electron chi connectivity index (χ1n) is 7.40. The molecule has 0 saturated carbocycles. The number of nitrogens with one attached hydrogen (secondary N) is 1. The molecule has 0 radical (unpaired) electrons. The zero-order chi connectivity index (χ0) is 15.7. The summed E-state index contributed by atoms with van der Waals surface area (Å²) in [7, 11) is 0. The summed E-state index contributed by atoms with van der Waals surface area (Å²) in [4.78, 5) is 22.8. The highest BCUT2D eigenvalue weighted by atomic mass is 16.4. The lowest BCUT2D eigenvalue weighted by molar-refractivity contribution is -0.116. The standard InChI is InChI=1S/C16H23NO4/c1-2-3-4-5-6-7-8-15(19)17-14-10-9-12(18)11-13(14)16(20)21/h9-11,18H,2-8H2,1H3,(H,17,19)(H,20,21). The predicted octanol–water partition coefficient (Wildman–Crippen LogP) is 3.78.